The number of aryl methyl sites for hydroxylation is 1. The van der Waals surface area contributed by atoms with Gasteiger partial charge in [0.25, 0.3) is 5.92 Å². The van der Waals surface area contributed by atoms with Gasteiger partial charge in [-0.1, -0.05) is 23.7 Å². The number of benzene rings is 2. The fourth-order valence-electron chi connectivity index (χ4n) is 4.40. The van der Waals surface area contributed by atoms with Gasteiger partial charge in [0.2, 0.25) is 0 Å². The number of ether oxygens (including phenoxy) is 1. The molecule has 194 valence electrons. The molecule has 6 nitrogen and oxygen atoms in total. The molecule has 1 aliphatic heterocycles. The highest BCUT2D eigenvalue weighted by molar-refractivity contribution is 7.86. The van der Waals surface area contributed by atoms with Crippen LogP contribution in [0.15, 0.2) is 47.5 Å². The number of rotatable bonds is 5. The molecule has 2 aromatic carbocycles. The number of hydrogen-bond acceptors (Lipinski definition) is 3. The fourth-order valence-corrected chi connectivity index (χ4v) is 5.57. The van der Waals surface area contributed by atoms with Crippen LogP contribution in [0.4, 0.5) is 19.3 Å². The van der Waals surface area contributed by atoms with Gasteiger partial charge in [0, 0.05) is 36.2 Å². The summed E-state index contributed by atoms with van der Waals surface area (Å²) in [7, 11) is -1.66. The van der Waals surface area contributed by atoms with Crippen LogP contribution in [0.2, 0.25) is 5.02 Å². The maximum Gasteiger partial charge on any atom is 0.410 e. The van der Waals surface area contributed by atoms with Gasteiger partial charge in [-0.15, -0.1) is 0 Å². The molecule has 1 amide bonds. The highest BCUT2D eigenvalue weighted by Crippen LogP contribution is 2.42. The molecule has 2 N–H and O–H groups in total. The third-order valence-electron chi connectivity index (χ3n) is 6.30. The summed E-state index contributed by atoms with van der Waals surface area (Å²) in [6, 6.07) is 9.01. The zero-order valence-corrected chi connectivity index (χ0v) is 22.2. The lowest BCUT2D eigenvalue weighted by Crippen LogP contribution is -2.44. The minimum atomic E-state index is -3.07. The molecule has 0 saturated carbocycles. The number of likely N-dealkylation sites (tertiary alicyclic amines) is 1. The number of fused-ring (bicyclic) bond motifs is 1. The molecule has 1 unspecified atom stereocenters. The fraction of sp³-hybridized carbons (Fsp3) is 0.423. The van der Waals surface area contributed by atoms with E-state index in [0.29, 0.717) is 15.6 Å². The summed E-state index contributed by atoms with van der Waals surface area (Å²) in [6.45, 7) is 7.68. The lowest BCUT2D eigenvalue weighted by atomic mass is 9.86. The molecule has 10 heteroatoms. The van der Waals surface area contributed by atoms with Crippen LogP contribution in [-0.4, -0.2) is 38.9 Å². The Morgan fingerprint density at radius 3 is 2.39 bits per heavy atom. The summed E-state index contributed by atoms with van der Waals surface area (Å²) in [5.41, 5.74) is 1.54. The zero-order valence-electron chi connectivity index (χ0n) is 20.7. The van der Waals surface area contributed by atoms with Gasteiger partial charge in [0.05, 0.1) is 21.1 Å². The molecule has 1 aromatic heterocycles. The molecule has 4 rings (SSSR count). The topological polar surface area (TPSA) is 74.4 Å². The van der Waals surface area contributed by atoms with E-state index in [0.717, 1.165) is 16.5 Å². The molecule has 1 fully saturated rings. The maximum absolute atomic E-state index is 15.3. The van der Waals surface area contributed by atoms with E-state index in [-0.39, 0.29) is 31.5 Å². The minimum absolute atomic E-state index is 0.132. The van der Waals surface area contributed by atoms with Gasteiger partial charge in [0.15, 0.2) is 0 Å². The summed E-state index contributed by atoms with van der Waals surface area (Å²) in [4.78, 5) is 17.2. The molecule has 0 bridgehead atoms. The van der Waals surface area contributed by atoms with E-state index in [1.807, 2.05) is 13.1 Å². The molecule has 3 aromatic rings. The highest BCUT2D eigenvalue weighted by atomic mass is 35.5. The second-order valence-electron chi connectivity index (χ2n) is 10.1. The molecule has 1 atom stereocenters. The van der Waals surface area contributed by atoms with Gasteiger partial charge in [-0.3, -0.25) is 4.72 Å². The Bertz CT molecular complexity index is 1280. The summed E-state index contributed by atoms with van der Waals surface area (Å²) < 4.78 is 51.8. The first-order valence-electron chi connectivity index (χ1n) is 11.8. The van der Waals surface area contributed by atoms with Gasteiger partial charge >= 0.3 is 6.09 Å². The molecule has 36 heavy (non-hydrogen) atoms. The quantitative estimate of drug-likeness (QED) is 0.368. The Hall–Kier alpha value is -2.65. The number of amides is 1. The van der Waals surface area contributed by atoms with Crippen molar-refractivity contribution in [3.05, 3.63) is 58.7 Å². The standard InChI is InChI=1S/C26H30ClF2N3O3S/c1-16-15-30-23-21(10-9-20(27)22(16)23)31-36(34)19-7-5-17(6-8-19)26(28,29)18-11-13-32(14-12-18)24(33)35-25(2,3)4/h5-10,15,18,30-31H,11-14H2,1-4H3. The normalized spacial score (nSPS) is 16.2. The van der Waals surface area contributed by atoms with Crippen LogP contribution in [0, 0.1) is 12.8 Å². The van der Waals surface area contributed by atoms with Crippen LogP contribution in [0.25, 0.3) is 10.9 Å². The van der Waals surface area contributed by atoms with E-state index in [1.54, 1.807) is 32.9 Å². The summed E-state index contributed by atoms with van der Waals surface area (Å²) in [6.07, 6.45) is 1.68. The maximum atomic E-state index is 15.3. The van der Waals surface area contributed by atoms with Crippen molar-refractivity contribution in [3.8, 4) is 0 Å². The predicted molar refractivity (Wildman–Crippen MR) is 139 cm³/mol. The Balaban J connectivity index is 1.42. The Morgan fingerprint density at radius 2 is 1.78 bits per heavy atom. The number of carbonyl (C=O) groups is 1. The zero-order chi connectivity index (χ0) is 26.3. The molecular formula is C26H30ClF2N3O3S. The van der Waals surface area contributed by atoms with Crippen LogP contribution in [0.5, 0.6) is 0 Å². The van der Waals surface area contributed by atoms with E-state index >= 15 is 8.78 Å². The van der Waals surface area contributed by atoms with Gasteiger partial charge in [-0.05, 0) is 70.4 Å². The number of hydrogen-bond donors (Lipinski definition) is 2. The number of anilines is 1. The van der Waals surface area contributed by atoms with Gasteiger partial charge in [-0.25, -0.2) is 17.8 Å². The SMILES string of the molecule is Cc1c[nH]c2c(NS(=O)c3ccc(C(F)(F)C4CCN(C(=O)OC(C)(C)C)CC4)cc3)ccc(Cl)c12. The van der Waals surface area contributed by atoms with Crippen LogP contribution < -0.4 is 4.72 Å². The van der Waals surface area contributed by atoms with E-state index in [9.17, 15) is 9.00 Å². The van der Waals surface area contributed by atoms with Crippen LogP contribution >= 0.6 is 11.6 Å². The number of aromatic nitrogens is 1. The van der Waals surface area contributed by atoms with Crippen molar-refractivity contribution in [1.82, 2.24) is 9.88 Å². The number of alkyl halides is 2. The average molecular weight is 538 g/mol. The van der Waals surface area contributed by atoms with Crippen molar-refractivity contribution in [1.29, 1.82) is 0 Å². The van der Waals surface area contributed by atoms with Crippen molar-refractivity contribution < 1.29 is 22.5 Å². The molecule has 1 aliphatic rings. The smallest absolute Gasteiger partial charge is 0.410 e. The van der Waals surface area contributed by atoms with Crippen molar-refractivity contribution >= 4 is 45.3 Å². The first-order valence-corrected chi connectivity index (χ1v) is 13.3. The summed E-state index contributed by atoms with van der Waals surface area (Å²) >= 11 is 6.28. The van der Waals surface area contributed by atoms with Crippen molar-refractivity contribution in [3.63, 3.8) is 0 Å². The Kier molecular flexibility index (Phi) is 7.35. The number of halogens is 3. The molecule has 1 saturated heterocycles. The monoisotopic (exact) mass is 537 g/mol. The first kappa shape index (κ1) is 26.4. The van der Waals surface area contributed by atoms with E-state index < -0.39 is 34.5 Å². The lowest BCUT2D eigenvalue weighted by molar-refractivity contribution is -0.0861. The predicted octanol–water partition coefficient (Wildman–Crippen LogP) is 7.00. The number of nitrogens with zero attached hydrogens (tertiary/aromatic N) is 1. The van der Waals surface area contributed by atoms with Gasteiger partial charge in [-0.2, -0.15) is 0 Å². The third-order valence-corrected chi connectivity index (χ3v) is 7.72. The van der Waals surface area contributed by atoms with Crippen LogP contribution in [-0.2, 0) is 21.6 Å². The Labute approximate surface area is 216 Å². The first-order chi connectivity index (χ1) is 16.9. The number of nitrogens with one attached hydrogen (secondary N) is 2. The van der Waals surface area contributed by atoms with Crippen molar-refractivity contribution in [2.45, 2.75) is 57.0 Å². The van der Waals surface area contributed by atoms with E-state index in [1.165, 1.54) is 29.2 Å². The number of carbonyl (C=O) groups excluding carboxylic acids is 1. The minimum Gasteiger partial charge on any atom is -0.444 e. The molecule has 0 aliphatic carbocycles. The van der Waals surface area contributed by atoms with Crippen molar-refractivity contribution in [2.75, 3.05) is 17.8 Å². The third kappa shape index (κ3) is 5.52. The lowest BCUT2D eigenvalue weighted by Gasteiger charge is -2.36. The number of H-pyrrole nitrogens is 1. The van der Waals surface area contributed by atoms with Crippen LogP contribution in [0.3, 0.4) is 0 Å². The largest absolute Gasteiger partial charge is 0.444 e. The second-order valence-corrected chi connectivity index (χ2v) is 11.7. The van der Waals surface area contributed by atoms with Gasteiger partial charge < -0.3 is 14.6 Å². The van der Waals surface area contributed by atoms with Crippen LogP contribution in [0.1, 0.15) is 44.7 Å². The average Bonchev–Trinajstić information content (AvgIpc) is 3.22. The molecular weight excluding hydrogens is 508 g/mol. The second kappa shape index (κ2) is 10.0. The molecule has 0 spiro atoms. The highest BCUT2D eigenvalue weighted by Gasteiger charge is 2.43. The van der Waals surface area contributed by atoms with Gasteiger partial charge in [0.1, 0.15) is 16.6 Å². The summed E-state index contributed by atoms with van der Waals surface area (Å²) in [5.74, 6) is -3.97. The van der Waals surface area contributed by atoms with Crippen molar-refractivity contribution in [2.24, 2.45) is 5.92 Å². The Morgan fingerprint density at radius 1 is 1.14 bits per heavy atom. The molecule has 0 radical (unpaired) electrons. The number of piperidine rings is 1. The van der Waals surface area contributed by atoms with E-state index in [4.69, 9.17) is 16.3 Å². The molecule has 2 heterocycles. The summed E-state index contributed by atoms with van der Waals surface area (Å²) in [5, 5.41) is 1.43. The van der Waals surface area contributed by atoms with E-state index in [2.05, 4.69) is 9.71 Å². The number of aromatic amines is 1.